The number of ether oxygens (including phenoxy) is 2. The van der Waals surface area contributed by atoms with Gasteiger partial charge in [-0.3, -0.25) is 0 Å². The third-order valence-electron chi connectivity index (χ3n) is 2.24. The van der Waals surface area contributed by atoms with Crippen LogP contribution in [0.4, 0.5) is 0 Å². The maximum atomic E-state index is 5.50. The molecule has 1 fully saturated rings. The fourth-order valence-electron chi connectivity index (χ4n) is 1.43. The fourth-order valence-corrected chi connectivity index (χ4v) is 2.87. The molecule has 0 radical (unpaired) electrons. The standard InChI is InChI=1S/C8H10BrNO2S/c1-11-8(2-3-12-5-8)7-10-6(9)4-13-7/h4H,2-3,5H2,1H3. The second-order valence-electron chi connectivity index (χ2n) is 2.98. The number of halogens is 1. The minimum Gasteiger partial charge on any atom is -0.378 e. The molecular formula is C8H10BrNO2S. The van der Waals surface area contributed by atoms with Crippen LogP contribution in [-0.4, -0.2) is 25.3 Å². The van der Waals surface area contributed by atoms with Gasteiger partial charge in [0.15, 0.2) is 0 Å². The van der Waals surface area contributed by atoms with Crippen molar-refractivity contribution >= 4 is 27.3 Å². The summed E-state index contributed by atoms with van der Waals surface area (Å²) in [6, 6.07) is 0. The number of rotatable bonds is 2. The van der Waals surface area contributed by atoms with Crippen LogP contribution < -0.4 is 0 Å². The van der Waals surface area contributed by atoms with E-state index >= 15 is 0 Å². The number of thiazole rings is 1. The van der Waals surface area contributed by atoms with E-state index in [1.807, 2.05) is 5.38 Å². The van der Waals surface area contributed by atoms with Crippen molar-refractivity contribution in [1.29, 1.82) is 0 Å². The van der Waals surface area contributed by atoms with Crippen molar-refractivity contribution < 1.29 is 9.47 Å². The van der Waals surface area contributed by atoms with Crippen molar-refractivity contribution in [2.24, 2.45) is 0 Å². The molecule has 1 aromatic rings. The van der Waals surface area contributed by atoms with Gasteiger partial charge in [0.05, 0.1) is 6.61 Å². The van der Waals surface area contributed by atoms with Crippen molar-refractivity contribution in [3.05, 3.63) is 15.0 Å². The van der Waals surface area contributed by atoms with E-state index in [2.05, 4.69) is 20.9 Å². The zero-order chi connectivity index (χ0) is 9.31. The molecule has 72 valence electrons. The molecule has 3 nitrogen and oxygen atoms in total. The Labute approximate surface area is 89.2 Å². The van der Waals surface area contributed by atoms with Gasteiger partial charge < -0.3 is 9.47 Å². The molecule has 0 N–H and O–H groups in total. The van der Waals surface area contributed by atoms with Crippen LogP contribution >= 0.6 is 27.3 Å². The first-order valence-electron chi connectivity index (χ1n) is 4.01. The van der Waals surface area contributed by atoms with E-state index in [0.29, 0.717) is 6.61 Å². The van der Waals surface area contributed by atoms with Gasteiger partial charge in [0.25, 0.3) is 0 Å². The molecule has 0 bridgehead atoms. The minimum atomic E-state index is -0.295. The summed E-state index contributed by atoms with van der Waals surface area (Å²) in [6.07, 6.45) is 0.892. The largest absolute Gasteiger partial charge is 0.378 e. The molecule has 1 aliphatic rings. The first-order chi connectivity index (χ1) is 6.27. The second kappa shape index (κ2) is 3.65. The first-order valence-corrected chi connectivity index (χ1v) is 5.68. The van der Waals surface area contributed by atoms with Crippen molar-refractivity contribution in [3.63, 3.8) is 0 Å². The van der Waals surface area contributed by atoms with Crippen LogP contribution in [0.1, 0.15) is 11.4 Å². The van der Waals surface area contributed by atoms with E-state index in [1.54, 1.807) is 18.4 Å². The van der Waals surface area contributed by atoms with Gasteiger partial charge >= 0.3 is 0 Å². The summed E-state index contributed by atoms with van der Waals surface area (Å²) in [7, 11) is 1.71. The highest BCUT2D eigenvalue weighted by Gasteiger charge is 2.39. The molecule has 1 atom stereocenters. The molecule has 0 aliphatic carbocycles. The summed E-state index contributed by atoms with van der Waals surface area (Å²) in [4.78, 5) is 4.37. The predicted octanol–water partition coefficient (Wildman–Crippen LogP) is 2.17. The Morgan fingerprint density at radius 2 is 2.62 bits per heavy atom. The normalized spacial score (nSPS) is 28.2. The van der Waals surface area contributed by atoms with Crippen molar-refractivity contribution in [3.8, 4) is 0 Å². The number of hydrogen-bond donors (Lipinski definition) is 0. The SMILES string of the molecule is COC1(c2nc(Br)cs2)CCOC1. The van der Waals surface area contributed by atoms with Crippen molar-refractivity contribution in [1.82, 2.24) is 4.98 Å². The molecule has 2 heterocycles. The summed E-state index contributed by atoms with van der Waals surface area (Å²) in [5.41, 5.74) is -0.295. The summed E-state index contributed by atoms with van der Waals surface area (Å²) < 4.78 is 11.7. The van der Waals surface area contributed by atoms with Gasteiger partial charge in [-0.1, -0.05) is 0 Å². The summed E-state index contributed by atoms with van der Waals surface area (Å²) in [5.74, 6) is 0. The summed E-state index contributed by atoms with van der Waals surface area (Å²) >= 11 is 4.94. The van der Waals surface area contributed by atoms with Crippen LogP contribution in [0.2, 0.25) is 0 Å². The maximum Gasteiger partial charge on any atom is 0.144 e. The van der Waals surface area contributed by atoms with Gasteiger partial charge in [0.1, 0.15) is 15.2 Å². The van der Waals surface area contributed by atoms with Gasteiger partial charge in [-0.05, 0) is 15.9 Å². The van der Waals surface area contributed by atoms with Crippen LogP contribution in [0.5, 0.6) is 0 Å². The lowest BCUT2D eigenvalue weighted by molar-refractivity contribution is -0.0215. The molecule has 0 amide bonds. The average Bonchev–Trinajstić information content (AvgIpc) is 2.73. The van der Waals surface area contributed by atoms with Gasteiger partial charge in [-0.25, -0.2) is 4.98 Å². The molecule has 0 aromatic carbocycles. The lowest BCUT2D eigenvalue weighted by Crippen LogP contribution is -2.28. The van der Waals surface area contributed by atoms with Crippen LogP contribution in [0.15, 0.2) is 9.98 Å². The van der Waals surface area contributed by atoms with Gasteiger partial charge in [0.2, 0.25) is 0 Å². The number of hydrogen-bond acceptors (Lipinski definition) is 4. The second-order valence-corrected chi connectivity index (χ2v) is 4.65. The molecule has 5 heteroatoms. The van der Waals surface area contributed by atoms with Crippen molar-refractivity contribution in [2.45, 2.75) is 12.0 Å². The van der Waals surface area contributed by atoms with Crippen LogP contribution in [0, 0.1) is 0 Å². The maximum absolute atomic E-state index is 5.50. The Hall–Kier alpha value is 0.0300. The Bertz CT molecular complexity index is 296. The van der Waals surface area contributed by atoms with E-state index in [0.717, 1.165) is 22.6 Å². The highest BCUT2D eigenvalue weighted by Crippen LogP contribution is 2.36. The van der Waals surface area contributed by atoms with Gasteiger partial charge in [-0.15, -0.1) is 11.3 Å². The molecule has 2 rings (SSSR count). The topological polar surface area (TPSA) is 31.4 Å². The fraction of sp³-hybridized carbons (Fsp3) is 0.625. The molecule has 1 aromatic heterocycles. The van der Waals surface area contributed by atoms with Crippen LogP contribution in [0.25, 0.3) is 0 Å². The smallest absolute Gasteiger partial charge is 0.144 e. The third kappa shape index (κ3) is 1.66. The van der Waals surface area contributed by atoms with Gasteiger partial charge in [-0.2, -0.15) is 0 Å². The minimum absolute atomic E-state index is 0.295. The van der Waals surface area contributed by atoms with E-state index in [-0.39, 0.29) is 5.60 Å². The summed E-state index contributed by atoms with van der Waals surface area (Å²) in [6.45, 7) is 1.37. The molecule has 0 saturated carbocycles. The molecular weight excluding hydrogens is 254 g/mol. The Morgan fingerprint density at radius 1 is 1.77 bits per heavy atom. The van der Waals surface area contributed by atoms with Crippen LogP contribution in [-0.2, 0) is 15.1 Å². The zero-order valence-corrected chi connectivity index (χ0v) is 9.65. The monoisotopic (exact) mass is 263 g/mol. The van der Waals surface area contributed by atoms with E-state index in [4.69, 9.17) is 9.47 Å². The Kier molecular flexibility index (Phi) is 2.69. The van der Waals surface area contributed by atoms with Crippen molar-refractivity contribution in [2.75, 3.05) is 20.3 Å². The van der Waals surface area contributed by atoms with Crippen LogP contribution in [0.3, 0.4) is 0 Å². The first kappa shape index (κ1) is 9.58. The highest BCUT2D eigenvalue weighted by atomic mass is 79.9. The summed E-state index contributed by atoms with van der Waals surface area (Å²) in [5, 5.41) is 2.97. The number of nitrogens with zero attached hydrogens (tertiary/aromatic N) is 1. The molecule has 0 spiro atoms. The molecule has 1 saturated heterocycles. The van der Waals surface area contributed by atoms with E-state index in [9.17, 15) is 0 Å². The quantitative estimate of drug-likeness (QED) is 0.820. The molecule has 1 aliphatic heterocycles. The highest BCUT2D eigenvalue weighted by molar-refractivity contribution is 9.10. The number of aromatic nitrogens is 1. The average molecular weight is 264 g/mol. The lowest BCUT2D eigenvalue weighted by atomic mass is 10.1. The lowest BCUT2D eigenvalue weighted by Gasteiger charge is -2.22. The van der Waals surface area contributed by atoms with E-state index in [1.165, 1.54) is 0 Å². The zero-order valence-electron chi connectivity index (χ0n) is 7.25. The third-order valence-corrected chi connectivity index (χ3v) is 3.98. The molecule has 13 heavy (non-hydrogen) atoms. The van der Waals surface area contributed by atoms with Gasteiger partial charge in [0, 0.05) is 25.5 Å². The Morgan fingerprint density at radius 3 is 3.08 bits per heavy atom. The number of methoxy groups -OCH3 is 1. The van der Waals surface area contributed by atoms with E-state index < -0.39 is 0 Å². The Balaban J connectivity index is 2.30. The predicted molar refractivity (Wildman–Crippen MR) is 53.9 cm³/mol. The molecule has 1 unspecified atom stereocenters.